The predicted octanol–water partition coefficient (Wildman–Crippen LogP) is 5.05. The molecule has 7 heteroatoms. The molecule has 2 aliphatic heterocycles. The summed E-state index contributed by atoms with van der Waals surface area (Å²) in [5, 5.41) is 0.619. The Balaban J connectivity index is 1.47. The summed E-state index contributed by atoms with van der Waals surface area (Å²) in [6, 6.07) is 14.7. The zero-order chi connectivity index (χ0) is 24.0. The Morgan fingerprint density at radius 3 is 2.38 bits per heavy atom. The second-order valence-electron chi connectivity index (χ2n) is 9.36. The molecule has 0 saturated carbocycles. The van der Waals surface area contributed by atoms with E-state index in [4.69, 9.17) is 21.1 Å². The number of benzene rings is 2. The number of hydrogen-bond acceptors (Lipinski definition) is 4. The lowest BCUT2D eigenvalue weighted by Gasteiger charge is -2.42. The van der Waals surface area contributed by atoms with Gasteiger partial charge in [-0.15, -0.1) is 0 Å². The number of rotatable bonds is 7. The van der Waals surface area contributed by atoms with Gasteiger partial charge in [0.2, 0.25) is 5.91 Å². The minimum absolute atomic E-state index is 0.0378. The summed E-state index contributed by atoms with van der Waals surface area (Å²) in [5.74, 6) is 1.43. The van der Waals surface area contributed by atoms with Gasteiger partial charge in [-0.2, -0.15) is 0 Å². The number of hydrogen-bond donors (Lipinski definition) is 0. The van der Waals surface area contributed by atoms with Crippen LogP contribution in [-0.4, -0.2) is 61.5 Å². The number of para-hydroxylation sites is 1. The average Bonchev–Trinajstić information content (AvgIpc) is 2.88. The number of methoxy groups -OCH3 is 1. The van der Waals surface area contributed by atoms with E-state index < -0.39 is 0 Å². The first-order chi connectivity index (χ1) is 16.5. The third kappa shape index (κ3) is 5.84. The molecule has 2 saturated heterocycles. The number of halogens is 1. The normalized spacial score (nSPS) is 17.8. The van der Waals surface area contributed by atoms with E-state index in [9.17, 15) is 9.59 Å². The number of likely N-dealkylation sites (tertiary alicyclic amines) is 2. The molecule has 0 spiro atoms. The highest BCUT2D eigenvalue weighted by atomic mass is 35.5. The molecule has 0 N–H and O–H groups in total. The Labute approximate surface area is 206 Å². The lowest BCUT2D eigenvalue weighted by Crippen LogP contribution is -2.48. The molecule has 4 rings (SSSR count). The van der Waals surface area contributed by atoms with Gasteiger partial charge in [-0.3, -0.25) is 9.59 Å². The standard InChI is InChI=1S/C27H33ClN2O4/c1-33-24-11-4-3-10-23(24)26(32)30-16-12-27(13-17-30,19-25(31)29-14-5-2-6-15-29)20-34-22-9-7-8-21(28)18-22/h3-4,7-11,18H,2,5-6,12-17,19-20H2,1H3. The van der Waals surface area contributed by atoms with Crippen LogP contribution in [0.5, 0.6) is 11.5 Å². The molecule has 34 heavy (non-hydrogen) atoms. The van der Waals surface area contributed by atoms with Gasteiger partial charge in [-0.1, -0.05) is 29.8 Å². The number of ether oxygens (including phenoxy) is 2. The topological polar surface area (TPSA) is 59.1 Å². The fourth-order valence-electron chi connectivity index (χ4n) is 4.92. The second kappa shape index (κ2) is 11.1. The summed E-state index contributed by atoms with van der Waals surface area (Å²) in [7, 11) is 1.58. The van der Waals surface area contributed by atoms with E-state index in [0.29, 0.717) is 61.0 Å². The van der Waals surface area contributed by atoms with Crippen molar-refractivity contribution < 1.29 is 19.1 Å². The maximum absolute atomic E-state index is 13.2. The molecule has 0 aliphatic carbocycles. The first-order valence-electron chi connectivity index (χ1n) is 12.1. The molecule has 2 heterocycles. The molecule has 2 aromatic carbocycles. The van der Waals surface area contributed by atoms with Crippen LogP contribution in [0.25, 0.3) is 0 Å². The largest absolute Gasteiger partial charge is 0.496 e. The third-order valence-corrected chi connectivity index (χ3v) is 7.26. The zero-order valence-corrected chi connectivity index (χ0v) is 20.6. The molecule has 182 valence electrons. The molecule has 0 atom stereocenters. The predicted molar refractivity (Wildman–Crippen MR) is 133 cm³/mol. The van der Waals surface area contributed by atoms with Gasteiger partial charge in [0, 0.05) is 43.0 Å². The van der Waals surface area contributed by atoms with E-state index >= 15 is 0 Å². The van der Waals surface area contributed by atoms with E-state index in [2.05, 4.69) is 0 Å². The monoisotopic (exact) mass is 484 g/mol. The van der Waals surface area contributed by atoms with Crippen molar-refractivity contribution in [3.8, 4) is 11.5 Å². The number of carbonyl (C=O) groups is 2. The maximum atomic E-state index is 13.2. The number of piperidine rings is 2. The van der Waals surface area contributed by atoms with Crippen molar-refractivity contribution in [1.82, 2.24) is 9.80 Å². The Kier molecular flexibility index (Phi) is 7.99. The smallest absolute Gasteiger partial charge is 0.257 e. The maximum Gasteiger partial charge on any atom is 0.257 e. The lowest BCUT2D eigenvalue weighted by molar-refractivity contribution is -0.136. The van der Waals surface area contributed by atoms with Crippen LogP contribution in [-0.2, 0) is 4.79 Å². The SMILES string of the molecule is COc1ccccc1C(=O)N1CCC(COc2cccc(Cl)c2)(CC(=O)N2CCCCC2)CC1. The minimum atomic E-state index is -0.325. The molecule has 0 unspecified atom stereocenters. The zero-order valence-electron chi connectivity index (χ0n) is 19.8. The van der Waals surface area contributed by atoms with Crippen LogP contribution < -0.4 is 9.47 Å². The molecule has 2 fully saturated rings. The highest BCUT2D eigenvalue weighted by Gasteiger charge is 2.40. The summed E-state index contributed by atoms with van der Waals surface area (Å²) in [5.41, 5.74) is 0.242. The molecule has 0 radical (unpaired) electrons. The molecule has 6 nitrogen and oxygen atoms in total. The summed E-state index contributed by atoms with van der Waals surface area (Å²) in [6.45, 7) is 3.24. The van der Waals surface area contributed by atoms with Crippen molar-refractivity contribution in [2.24, 2.45) is 5.41 Å². The van der Waals surface area contributed by atoms with Crippen molar-refractivity contribution in [3.63, 3.8) is 0 Å². The summed E-state index contributed by atoms with van der Waals surface area (Å²) in [6.07, 6.45) is 5.16. The number of nitrogens with zero attached hydrogens (tertiary/aromatic N) is 2. The fraction of sp³-hybridized carbons (Fsp3) is 0.481. The van der Waals surface area contributed by atoms with Crippen LogP contribution in [0.2, 0.25) is 5.02 Å². The number of carbonyl (C=O) groups excluding carboxylic acids is 2. The molecular weight excluding hydrogens is 452 g/mol. The van der Waals surface area contributed by atoms with Gasteiger partial charge in [0.25, 0.3) is 5.91 Å². The first kappa shape index (κ1) is 24.4. The minimum Gasteiger partial charge on any atom is -0.496 e. The summed E-state index contributed by atoms with van der Waals surface area (Å²) < 4.78 is 11.5. The molecule has 2 aliphatic rings. The van der Waals surface area contributed by atoms with E-state index in [1.807, 2.05) is 40.1 Å². The highest BCUT2D eigenvalue weighted by Crippen LogP contribution is 2.38. The van der Waals surface area contributed by atoms with Crippen molar-refractivity contribution >= 4 is 23.4 Å². The Morgan fingerprint density at radius 2 is 1.68 bits per heavy atom. The summed E-state index contributed by atoms with van der Waals surface area (Å²) in [4.78, 5) is 30.3. The average molecular weight is 485 g/mol. The quantitative estimate of drug-likeness (QED) is 0.551. The van der Waals surface area contributed by atoms with Crippen LogP contribution >= 0.6 is 11.6 Å². The molecule has 0 aromatic heterocycles. The molecule has 0 bridgehead atoms. The van der Waals surface area contributed by atoms with E-state index in [0.717, 1.165) is 25.9 Å². The fourth-order valence-corrected chi connectivity index (χ4v) is 5.10. The van der Waals surface area contributed by atoms with Crippen molar-refractivity contribution in [3.05, 3.63) is 59.1 Å². The Morgan fingerprint density at radius 1 is 0.941 bits per heavy atom. The van der Waals surface area contributed by atoms with Crippen molar-refractivity contribution in [1.29, 1.82) is 0 Å². The van der Waals surface area contributed by atoms with Gasteiger partial charge >= 0.3 is 0 Å². The highest BCUT2D eigenvalue weighted by molar-refractivity contribution is 6.30. The van der Waals surface area contributed by atoms with Crippen LogP contribution in [0.15, 0.2) is 48.5 Å². The Bertz CT molecular complexity index is 998. The second-order valence-corrected chi connectivity index (χ2v) is 9.79. The van der Waals surface area contributed by atoms with Gasteiger partial charge in [-0.05, 0) is 62.4 Å². The van der Waals surface area contributed by atoms with Crippen LogP contribution in [0.4, 0.5) is 0 Å². The molecule has 2 aromatic rings. The first-order valence-corrected chi connectivity index (χ1v) is 12.5. The van der Waals surface area contributed by atoms with Gasteiger partial charge in [0.05, 0.1) is 19.3 Å². The van der Waals surface area contributed by atoms with Crippen molar-refractivity contribution in [2.45, 2.75) is 38.5 Å². The van der Waals surface area contributed by atoms with Crippen LogP contribution in [0.3, 0.4) is 0 Å². The van der Waals surface area contributed by atoms with Crippen LogP contribution in [0.1, 0.15) is 48.9 Å². The van der Waals surface area contributed by atoms with Gasteiger partial charge in [-0.25, -0.2) is 0 Å². The van der Waals surface area contributed by atoms with Gasteiger partial charge in [0.15, 0.2) is 0 Å². The van der Waals surface area contributed by atoms with E-state index in [-0.39, 0.29) is 17.2 Å². The summed E-state index contributed by atoms with van der Waals surface area (Å²) >= 11 is 6.13. The van der Waals surface area contributed by atoms with Gasteiger partial charge in [0.1, 0.15) is 11.5 Å². The van der Waals surface area contributed by atoms with Gasteiger partial charge < -0.3 is 19.3 Å². The molecule has 2 amide bonds. The lowest BCUT2D eigenvalue weighted by atomic mass is 9.75. The Hall–Kier alpha value is -2.73. The van der Waals surface area contributed by atoms with Crippen LogP contribution in [0, 0.1) is 5.41 Å². The van der Waals surface area contributed by atoms with E-state index in [1.54, 1.807) is 25.3 Å². The third-order valence-electron chi connectivity index (χ3n) is 7.02. The molecular formula is C27H33ClN2O4. The van der Waals surface area contributed by atoms with Crippen molar-refractivity contribution in [2.75, 3.05) is 39.9 Å². The van der Waals surface area contributed by atoms with E-state index in [1.165, 1.54) is 6.42 Å². The number of amides is 2.